The quantitative estimate of drug-likeness (QED) is 0.858. The molecule has 118 valence electrons. The van der Waals surface area contributed by atoms with Crippen LogP contribution >= 0.6 is 0 Å². The van der Waals surface area contributed by atoms with E-state index in [1.54, 1.807) is 0 Å². The molecule has 2 aliphatic rings. The first-order chi connectivity index (χ1) is 9.48. The molecule has 0 radical (unpaired) electrons. The van der Waals surface area contributed by atoms with Gasteiger partial charge in [0.15, 0.2) is 0 Å². The second-order valence-electron chi connectivity index (χ2n) is 7.47. The van der Waals surface area contributed by atoms with Gasteiger partial charge in [-0.05, 0) is 31.6 Å². The third kappa shape index (κ3) is 3.37. The zero-order valence-electron chi connectivity index (χ0n) is 14.1. The zero-order valence-corrected chi connectivity index (χ0v) is 14.1. The Morgan fingerprint density at radius 1 is 1.25 bits per heavy atom. The summed E-state index contributed by atoms with van der Waals surface area (Å²) in [6, 6.07) is 1.31. The van der Waals surface area contributed by atoms with Gasteiger partial charge in [0.05, 0.1) is 0 Å². The highest BCUT2D eigenvalue weighted by molar-refractivity contribution is 4.99. The standard InChI is InChI=1S/C17H34N2O/c1-6-14(4)15-12-19(16(11-18-15)13(2)3)17(5)7-9-20-10-8-17/h13-16,18H,6-12H2,1-5H3. The van der Waals surface area contributed by atoms with Crippen LogP contribution in [0.4, 0.5) is 0 Å². The van der Waals surface area contributed by atoms with E-state index in [2.05, 4.69) is 44.8 Å². The minimum Gasteiger partial charge on any atom is -0.381 e. The lowest BCUT2D eigenvalue weighted by molar-refractivity contribution is -0.0669. The van der Waals surface area contributed by atoms with Crippen LogP contribution in [-0.2, 0) is 4.74 Å². The number of ether oxygens (including phenoxy) is 1. The monoisotopic (exact) mass is 282 g/mol. The molecule has 0 bridgehead atoms. The lowest BCUT2D eigenvalue weighted by atomic mass is 9.83. The van der Waals surface area contributed by atoms with E-state index in [0.717, 1.165) is 25.7 Å². The predicted octanol–water partition coefficient (Wildman–Crippen LogP) is 2.90. The summed E-state index contributed by atoms with van der Waals surface area (Å²) in [6.45, 7) is 16.1. The molecule has 0 amide bonds. The van der Waals surface area contributed by atoms with Crippen molar-refractivity contribution in [1.82, 2.24) is 10.2 Å². The first-order valence-corrected chi connectivity index (χ1v) is 8.56. The van der Waals surface area contributed by atoms with E-state index in [1.165, 1.54) is 25.8 Å². The minimum atomic E-state index is 0.334. The van der Waals surface area contributed by atoms with Crippen molar-refractivity contribution in [3.8, 4) is 0 Å². The summed E-state index contributed by atoms with van der Waals surface area (Å²) < 4.78 is 5.60. The Balaban J connectivity index is 2.14. The van der Waals surface area contributed by atoms with E-state index in [9.17, 15) is 0 Å². The second kappa shape index (κ2) is 6.76. The van der Waals surface area contributed by atoms with E-state index in [4.69, 9.17) is 4.74 Å². The van der Waals surface area contributed by atoms with E-state index in [-0.39, 0.29) is 0 Å². The van der Waals surface area contributed by atoms with Gasteiger partial charge in [0.2, 0.25) is 0 Å². The van der Waals surface area contributed by atoms with Crippen LogP contribution < -0.4 is 5.32 Å². The maximum Gasteiger partial charge on any atom is 0.0483 e. The smallest absolute Gasteiger partial charge is 0.0483 e. The molecule has 2 fully saturated rings. The SMILES string of the molecule is CCC(C)C1CN(C2(C)CCOCC2)C(C(C)C)CN1. The Labute approximate surface area is 125 Å². The van der Waals surface area contributed by atoms with Crippen molar-refractivity contribution >= 4 is 0 Å². The molecule has 2 heterocycles. The van der Waals surface area contributed by atoms with Crippen LogP contribution in [0, 0.1) is 11.8 Å². The fraction of sp³-hybridized carbons (Fsp3) is 1.00. The molecule has 0 saturated carbocycles. The second-order valence-corrected chi connectivity index (χ2v) is 7.47. The van der Waals surface area contributed by atoms with Gasteiger partial charge in [-0.15, -0.1) is 0 Å². The highest BCUT2D eigenvalue weighted by Gasteiger charge is 2.42. The molecule has 3 unspecified atom stereocenters. The molecule has 0 aromatic rings. The lowest BCUT2D eigenvalue weighted by Crippen LogP contribution is -2.66. The molecule has 2 saturated heterocycles. The number of hydrogen-bond acceptors (Lipinski definition) is 3. The number of rotatable bonds is 4. The molecule has 0 aromatic carbocycles. The van der Waals surface area contributed by atoms with Crippen molar-refractivity contribution < 1.29 is 4.74 Å². The number of piperazine rings is 1. The van der Waals surface area contributed by atoms with E-state index >= 15 is 0 Å². The average Bonchev–Trinajstić information content (AvgIpc) is 2.46. The number of nitrogens with one attached hydrogen (secondary N) is 1. The van der Waals surface area contributed by atoms with Gasteiger partial charge < -0.3 is 10.1 Å². The summed E-state index contributed by atoms with van der Waals surface area (Å²) in [4.78, 5) is 2.83. The van der Waals surface area contributed by atoms with Crippen molar-refractivity contribution in [1.29, 1.82) is 0 Å². The van der Waals surface area contributed by atoms with Gasteiger partial charge in [0, 0.05) is 43.9 Å². The number of hydrogen-bond donors (Lipinski definition) is 1. The molecule has 2 rings (SSSR count). The third-order valence-electron chi connectivity index (χ3n) is 5.75. The molecule has 2 aliphatic heterocycles. The fourth-order valence-electron chi connectivity index (χ4n) is 3.77. The third-order valence-corrected chi connectivity index (χ3v) is 5.75. The molecule has 3 heteroatoms. The summed E-state index contributed by atoms with van der Waals surface area (Å²) in [5.41, 5.74) is 0.334. The van der Waals surface area contributed by atoms with Crippen molar-refractivity contribution in [2.24, 2.45) is 11.8 Å². The van der Waals surface area contributed by atoms with Crippen LogP contribution in [-0.4, -0.2) is 48.8 Å². The van der Waals surface area contributed by atoms with Gasteiger partial charge in [-0.2, -0.15) is 0 Å². The zero-order chi connectivity index (χ0) is 14.8. The van der Waals surface area contributed by atoms with Crippen molar-refractivity contribution in [3.05, 3.63) is 0 Å². The normalized spacial score (nSPS) is 33.3. The molecule has 3 nitrogen and oxygen atoms in total. The largest absolute Gasteiger partial charge is 0.381 e. The van der Waals surface area contributed by atoms with Gasteiger partial charge in [0.25, 0.3) is 0 Å². The van der Waals surface area contributed by atoms with Gasteiger partial charge in [-0.3, -0.25) is 4.90 Å². The molecular weight excluding hydrogens is 248 g/mol. The van der Waals surface area contributed by atoms with Crippen molar-refractivity contribution in [2.45, 2.75) is 71.5 Å². The molecular formula is C17H34N2O. The molecule has 0 aliphatic carbocycles. The topological polar surface area (TPSA) is 24.5 Å². The molecule has 1 N–H and O–H groups in total. The van der Waals surface area contributed by atoms with Crippen molar-refractivity contribution in [2.75, 3.05) is 26.3 Å². The summed E-state index contributed by atoms with van der Waals surface area (Å²) in [5, 5.41) is 3.81. The summed E-state index contributed by atoms with van der Waals surface area (Å²) >= 11 is 0. The maximum absolute atomic E-state index is 5.60. The maximum atomic E-state index is 5.60. The Hall–Kier alpha value is -0.120. The van der Waals surface area contributed by atoms with E-state index in [0.29, 0.717) is 23.5 Å². The van der Waals surface area contributed by atoms with Gasteiger partial charge in [-0.25, -0.2) is 0 Å². The Bertz CT molecular complexity index is 299. The number of nitrogens with zero attached hydrogens (tertiary/aromatic N) is 1. The summed E-state index contributed by atoms with van der Waals surface area (Å²) in [6.07, 6.45) is 3.63. The summed E-state index contributed by atoms with van der Waals surface area (Å²) in [5.74, 6) is 1.47. The van der Waals surface area contributed by atoms with Crippen LogP contribution in [0.1, 0.15) is 53.9 Å². The fourth-order valence-corrected chi connectivity index (χ4v) is 3.77. The van der Waals surface area contributed by atoms with Gasteiger partial charge in [0.1, 0.15) is 0 Å². The van der Waals surface area contributed by atoms with Gasteiger partial charge in [-0.1, -0.05) is 34.1 Å². The van der Waals surface area contributed by atoms with E-state index in [1.807, 2.05) is 0 Å². The molecule has 20 heavy (non-hydrogen) atoms. The average molecular weight is 282 g/mol. The van der Waals surface area contributed by atoms with Gasteiger partial charge >= 0.3 is 0 Å². The Morgan fingerprint density at radius 2 is 1.90 bits per heavy atom. The highest BCUT2D eigenvalue weighted by atomic mass is 16.5. The van der Waals surface area contributed by atoms with Crippen LogP contribution in [0.3, 0.4) is 0 Å². The lowest BCUT2D eigenvalue weighted by Gasteiger charge is -2.54. The highest BCUT2D eigenvalue weighted by Crippen LogP contribution is 2.33. The first kappa shape index (κ1) is 16.3. The van der Waals surface area contributed by atoms with E-state index < -0.39 is 0 Å². The first-order valence-electron chi connectivity index (χ1n) is 8.56. The van der Waals surface area contributed by atoms with Crippen LogP contribution in [0.25, 0.3) is 0 Å². The molecule has 0 aromatic heterocycles. The minimum absolute atomic E-state index is 0.334. The molecule has 3 atom stereocenters. The van der Waals surface area contributed by atoms with Crippen LogP contribution in [0.5, 0.6) is 0 Å². The Morgan fingerprint density at radius 3 is 2.45 bits per heavy atom. The van der Waals surface area contributed by atoms with Crippen molar-refractivity contribution in [3.63, 3.8) is 0 Å². The Kier molecular flexibility index (Phi) is 5.49. The summed E-state index contributed by atoms with van der Waals surface area (Å²) in [7, 11) is 0. The van der Waals surface area contributed by atoms with Crippen LogP contribution in [0.15, 0.2) is 0 Å². The van der Waals surface area contributed by atoms with Crippen LogP contribution in [0.2, 0.25) is 0 Å². The predicted molar refractivity (Wildman–Crippen MR) is 85.0 cm³/mol. The molecule has 0 spiro atoms.